The maximum Gasteiger partial charge on any atom is 0.393 e. The number of benzene rings is 2. The number of aromatic nitrogens is 6. The summed E-state index contributed by atoms with van der Waals surface area (Å²) in [4.78, 5) is 20.0. The molecule has 3 aromatic heterocycles. The number of rotatable bonds is 13. The first-order valence-electron chi connectivity index (χ1n) is 16.7. The van der Waals surface area contributed by atoms with Gasteiger partial charge in [-0.15, -0.1) is 0 Å². The van der Waals surface area contributed by atoms with Gasteiger partial charge in [-0.3, -0.25) is 0 Å². The van der Waals surface area contributed by atoms with Gasteiger partial charge < -0.3 is 28.7 Å². The molecule has 0 atom stereocenters. The van der Waals surface area contributed by atoms with E-state index in [2.05, 4.69) is 39.6 Å². The first-order valence-corrected chi connectivity index (χ1v) is 20.4. The highest BCUT2D eigenvalue weighted by molar-refractivity contribution is 6.76. The summed E-state index contributed by atoms with van der Waals surface area (Å²) in [5.41, 5.74) is 0.950. The van der Waals surface area contributed by atoms with Gasteiger partial charge in [-0.1, -0.05) is 31.8 Å². The van der Waals surface area contributed by atoms with Crippen LogP contribution in [0.25, 0.3) is 16.7 Å². The second-order valence-corrected chi connectivity index (χ2v) is 19.7. The molecule has 0 saturated carbocycles. The van der Waals surface area contributed by atoms with Gasteiger partial charge in [0.15, 0.2) is 17.3 Å². The number of likely N-dealkylation sites (N-methyl/N-ethyl adjacent to an activating group) is 1. The molecule has 17 heteroatoms. The largest absolute Gasteiger partial charge is 0.497 e. The second-order valence-electron chi connectivity index (χ2n) is 14.0. The molecule has 0 spiro atoms. The number of anilines is 2. The van der Waals surface area contributed by atoms with Crippen LogP contribution >= 0.6 is 0 Å². The van der Waals surface area contributed by atoms with E-state index in [-0.39, 0.29) is 48.4 Å². The Morgan fingerprint density at radius 2 is 1.65 bits per heavy atom. The Kier molecular flexibility index (Phi) is 10.5. The number of imidazole rings is 1. The molecule has 51 heavy (non-hydrogen) atoms. The van der Waals surface area contributed by atoms with Crippen LogP contribution in [0.2, 0.25) is 25.7 Å². The van der Waals surface area contributed by atoms with E-state index in [0.717, 1.165) is 30.8 Å². The highest BCUT2D eigenvalue weighted by atomic mass is 28.3. The summed E-state index contributed by atoms with van der Waals surface area (Å²) in [7, 11) is 2.14. The number of hydrogen-bond acceptors (Lipinski definition) is 9. The minimum Gasteiger partial charge on any atom is -0.497 e. The first-order chi connectivity index (χ1) is 24.2. The van der Waals surface area contributed by atoms with Crippen molar-refractivity contribution in [2.75, 3.05) is 56.7 Å². The average Bonchev–Trinajstić information content (AvgIpc) is 3.64. The van der Waals surface area contributed by atoms with Crippen LogP contribution in [0.4, 0.5) is 33.8 Å². The second kappa shape index (κ2) is 14.7. The Morgan fingerprint density at radius 3 is 2.31 bits per heavy atom. The number of nitrogens with zero attached hydrogens (tertiary/aromatic N) is 9. The van der Waals surface area contributed by atoms with E-state index >= 15 is 4.39 Å². The Balaban J connectivity index is 1.48. The van der Waals surface area contributed by atoms with Crippen molar-refractivity contribution < 1.29 is 31.4 Å². The van der Waals surface area contributed by atoms with Crippen LogP contribution in [-0.2, 0) is 31.0 Å². The van der Waals surface area contributed by atoms with Crippen molar-refractivity contribution in [2.24, 2.45) is 0 Å². The normalized spacial score (nSPS) is 14.6. The number of hydrogen-bond donors (Lipinski definition) is 0. The lowest BCUT2D eigenvalue weighted by molar-refractivity contribution is -0.127. The summed E-state index contributed by atoms with van der Waals surface area (Å²) in [5.74, 6) is -0.649. The zero-order valence-electron chi connectivity index (χ0n) is 29.3. The van der Waals surface area contributed by atoms with Crippen LogP contribution in [0.3, 0.4) is 0 Å². The summed E-state index contributed by atoms with van der Waals surface area (Å²) in [6.45, 7) is 9.98. The van der Waals surface area contributed by atoms with E-state index < -0.39 is 32.3 Å². The predicted octanol–water partition coefficient (Wildman–Crippen LogP) is 6.14. The summed E-state index contributed by atoms with van der Waals surface area (Å²) in [5, 5.41) is 4.35. The molecule has 0 amide bonds. The fourth-order valence-electron chi connectivity index (χ4n) is 5.89. The van der Waals surface area contributed by atoms with Gasteiger partial charge in [0.2, 0.25) is 11.9 Å². The summed E-state index contributed by atoms with van der Waals surface area (Å²) in [6.07, 6.45) is -4.55. The van der Waals surface area contributed by atoms with Crippen molar-refractivity contribution in [1.29, 1.82) is 0 Å². The highest BCUT2D eigenvalue weighted by Gasteiger charge is 2.32. The molecule has 1 saturated heterocycles. The summed E-state index contributed by atoms with van der Waals surface area (Å²) in [6, 6.07) is 10.7. The van der Waals surface area contributed by atoms with Crippen molar-refractivity contribution in [1.82, 2.24) is 34.0 Å². The van der Waals surface area contributed by atoms with Crippen molar-refractivity contribution in [3.63, 3.8) is 0 Å². The molecule has 6 rings (SSSR count). The van der Waals surface area contributed by atoms with E-state index in [1.807, 2.05) is 24.1 Å². The molecule has 4 heterocycles. The predicted molar refractivity (Wildman–Crippen MR) is 187 cm³/mol. The third-order valence-corrected chi connectivity index (χ3v) is 10.5. The molecular weight excluding hydrogens is 690 g/mol. The lowest BCUT2D eigenvalue weighted by atomic mass is 10.2. The minimum atomic E-state index is -4.49. The van der Waals surface area contributed by atoms with E-state index in [0.29, 0.717) is 36.8 Å². The van der Waals surface area contributed by atoms with Crippen LogP contribution < -0.4 is 14.5 Å². The van der Waals surface area contributed by atoms with Gasteiger partial charge in [-0.25, -0.2) is 13.8 Å². The highest BCUT2D eigenvalue weighted by Crippen LogP contribution is 2.30. The topological polar surface area (TPSA) is 89.1 Å². The van der Waals surface area contributed by atoms with Crippen LogP contribution in [0.5, 0.6) is 5.75 Å². The molecule has 274 valence electrons. The average molecular weight is 732 g/mol. The molecular formula is C34H42F5N9O2Si. The molecule has 0 bridgehead atoms. The van der Waals surface area contributed by atoms with Gasteiger partial charge in [0.1, 0.15) is 23.8 Å². The lowest BCUT2D eigenvalue weighted by Gasteiger charge is -2.33. The first kappa shape index (κ1) is 36.4. The van der Waals surface area contributed by atoms with Crippen molar-refractivity contribution in [2.45, 2.75) is 58.1 Å². The molecule has 11 nitrogen and oxygen atoms in total. The van der Waals surface area contributed by atoms with Crippen molar-refractivity contribution in [3.05, 3.63) is 71.2 Å². The molecule has 0 unspecified atom stereocenters. The van der Waals surface area contributed by atoms with Crippen molar-refractivity contribution in [3.8, 4) is 5.75 Å². The minimum absolute atomic E-state index is 0.0120. The van der Waals surface area contributed by atoms with Gasteiger partial charge in [0.05, 0.1) is 31.8 Å². The van der Waals surface area contributed by atoms with Crippen LogP contribution in [-0.4, -0.2) is 95.2 Å². The third-order valence-electron chi connectivity index (χ3n) is 8.84. The van der Waals surface area contributed by atoms with Gasteiger partial charge in [-0.2, -0.15) is 32.8 Å². The van der Waals surface area contributed by atoms with Crippen LogP contribution in [0.15, 0.2) is 42.6 Å². The van der Waals surface area contributed by atoms with E-state index in [1.54, 1.807) is 28.7 Å². The number of methoxy groups -OCH3 is 1. The third kappa shape index (κ3) is 8.58. The Bertz CT molecular complexity index is 1970. The fraction of sp³-hybridized carbons (Fsp3) is 0.471. The fourth-order valence-corrected chi connectivity index (χ4v) is 6.65. The van der Waals surface area contributed by atoms with E-state index in [4.69, 9.17) is 14.5 Å². The SMILES string of the molecule is COc1ccc(CN(Cc2nc3c(F)c(F)ccc3n2COCC[Si](C)(C)C)c2nc(N3CCN(C)CC3)nc3c(CC(F)(F)F)cnn23)cc1. The molecule has 2 aromatic carbocycles. The standard InChI is InChI=1S/C34H42F5N9O2Si/c1-44-12-14-45(15-13-44)32-42-31-24(18-34(37,38)39)19-40-48(31)33(43-32)46(20-23-6-8-25(49-2)9-7-23)21-28-41-30-27(11-10-26(35)29(30)36)47(28)22-50-16-17-51(3,4)5/h6-11,19H,12-18,20-22H2,1-5H3. The maximum absolute atomic E-state index is 15.2. The smallest absolute Gasteiger partial charge is 0.393 e. The number of halogens is 5. The van der Waals surface area contributed by atoms with E-state index in [1.165, 1.54) is 16.8 Å². The molecule has 5 aromatic rings. The van der Waals surface area contributed by atoms with Gasteiger partial charge in [0, 0.05) is 53.0 Å². The molecule has 0 aliphatic carbocycles. The number of alkyl halides is 3. The Labute approximate surface area is 293 Å². The summed E-state index contributed by atoms with van der Waals surface area (Å²) >= 11 is 0. The van der Waals surface area contributed by atoms with Gasteiger partial charge in [0.25, 0.3) is 0 Å². The molecule has 0 radical (unpaired) electrons. The Morgan fingerprint density at radius 1 is 0.922 bits per heavy atom. The number of ether oxygens (including phenoxy) is 2. The number of fused-ring (bicyclic) bond motifs is 2. The van der Waals surface area contributed by atoms with Gasteiger partial charge >= 0.3 is 6.18 Å². The van der Waals surface area contributed by atoms with Gasteiger partial charge in [-0.05, 0) is 42.9 Å². The lowest BCUT2D eigenvalue weighted by Crippen LogP contribution is -2.45. The molecule has 0 N–H and O–H groups in total. The van der Waals surface area contributed by atoms with Crippen LogP contribution in [0.1, 0.15) is 17.0 Å². The molecule has 1 aliphatic heterocycles. The van der Waals surface area contributed by atoms with Crippen molar-refractivity contribution >= 4 is 36.7 Å². The zero-order valence-corrected chi connectivity index (χ0v) is 30.3. The summed E-state index contributed by atoms with van der Waals surface area (Å²) < 4.78 is 85.3. The van der Waals surface area contributed by atoms with E-state index in [9.17, 15) is 17.6 Å². The number of piperazine rings is 1. The zero-order chi connectivity index (χ0) is 36.5. The maximum atomic E-state index is 15.2. The molecule has 1 fully saturated rings. The molecule has 1 aliphatic rings. The quantitative estimate of drug-likeness (QED) is 0.0806. The van der Waals surface area contributed by atoms with Crippen LogP contribution in [0, 0.1) is 11.6 Å². The Hall–Kier alpha value is -4.35. The monoisotopic (exact) mass is 731 g/mol.